The third kappa shape index (κ3) is 3.67. The number of benzene rings is 1. The van der Waals surface area contributed by atoms with Crippen molar-refractivity contribution in [1.82, 2.24) is 4.98 Å². The molecule has 0 spiro atoms. The average Bonchev–Trinajstić information content (AvgIpc) is 2.45. The highest BCUT2D eigenvalue weighted by molar-refractivity contribution is 9.10. The quantitative estimate of drug-likeness (QED) is 0.646. The van der Waals surface area contributed by atoms with Crippen molar-refractivity contribution in [2.45, 2.75) is 6.54 Å². The van der Waals surface area contributed by atoms with Crippen LogP contribution in [0.2, 0.25) is 0 Å². The van der Waals surface area contributed by atoms with E-state index in [2.05, 4.69) is 31.5 Å². The first-order valence-corrected chi connectivity index (χ1v) is 6.70. The van der Waals surface area contributed by atoms with E-state index in [0.29, 0.717) is 18.2 Å². The van der Waals surface area contributed by atoms with Gasteiger partial charge in [-0.05, 0) is 17.7 Å². The topological polar surface area (TPSA) is 80.1 Å². The van der Waals surface area contributed by atoms with Gasteiger partial charge in [-0.25, -0.2) is 4.98 Å². The van der Waals surface area contributed by atoms with Gasteiger partial charge in [0.2, 0.25) is 0 Å². The smallest absolute Gasteiger partial charge is 0.276 e. The Kier molecular flexibility index (Phi) is 4.52. The maximum atomic E-state index is 10.9. The number of aromatic nitrogens is 1. The number of rotatable bonds is 5. The second-order valence-corrected chi connectivity index (χ2v) is 5.00. The van der Waals surface area contributed by atoms with Gasteiger partial charge in [0, 0.05) is 18.1 Å². The summed E-state index contributed by atoms with van der Waals surface area (Å²) in [6, 6.07) is 10.6. The molecule has 104 valence electrons. The van der Waals surface area contributed by atoms with Crippen LogP contribution in [0.5, 0.6) is 0 Å². The monoisotopic (exact) mass is 336 g/mol. The SMILES string of the molecule is CNc1cc([N+](=O)[O-])cc(NCc2cccc(Br)c2)n1. The summed E-state index contributed by atoms with van der Waals surface area (Å²) < 4.78 is 0.986. The van der Waals surface area contributed by atoms with Gasteiger partial charge in [0.05, 0.1) is 17.1 Å². The molecule has 0 bridgehead atoms. The number of halogens is 1. The molecule has 20 heavy (non-hydrogen) atoms. The summed E-state index contributed by atoms with van der Waals surface area (Å²) in [5, 5.41) is 16.7. The second kappa shape index (κ2) is 6.33. The zero-order valence-electron chi connectivity index (χ0n) is 10.8. The molecule has 0 atom stereocenters. The molecule has 7 heteroatoms. The largest absolute Gasteiger partial charge is 0.373 e. The van der Waals surface area contributed by atoms with E-state index in [1.165, 1.54) is 12.1 Å². The van der Waals surface area contributed by atoms with Crippen LogP contribution in [0.25, 0.3) is 0 Å². The fourth-order valence-corrected chi connectivity index (χ4v) is 2.13. The van der Waals surface area contributed by atoms with Crippen molar-refractivity contribution in [3.05, 3.63) is 56.5 Å². The molecule has 0 aliphatic rings. The van der Waals surface area contributed by atoms with Crippen LogP contribution in [0.3, 0.4) is 0 Å². The van der Waals surface area contributed by atoms with Crippen LogP contribution in [0.15, 0.2) is 40.9 Å². The van der Waals surface area contributed by atoms with E-state index >= 15 is 0 Å². The minimum atomic E-state index is -0.438. The van der Waals surface area contributed by atoms with Gasteiger partial charge >= 0.3 is 0 Å². The van der Waals surface area contributed by atoms with Crippen LogP contribution in [-0.4, -0.2) is 17.0 Å². The Bertz CT molecular complexity index is 634. The summed E-state index contributed by atoms with van der Waals surface area (Å²) >= 11 is 3.40. The summed E-state index contributed by atoms with van der Waals surface area (Å²) in [4.78, 5) is 14.7. The molecule has 6 nitrogen and oxygen atoms in total. The van der Waals surface area contributed by atoms with Crippen LogP contribution in [-0.2, 0) is 6.54 Å². The molecule has 2 N–H and O–H groups in total. The van der Waals surface area contributed by atoms with Gasteiger partial charge in [0.1, 0.15) is 11.6 Å². The van der Waals surface area contributed by atoms with Crippen molar-refractivity contribution in [2.75, 3.05) is 17.7 Å². The highest BCUT2D eigenvalue weighted by Gasteiger charge is 2.10. The first-order valence-electron chi connectivity index (χ1n) is 5.91. The minimum Gasteiger partial charge on any atom is -0.373 e. The molecule has 0 fully saturated rings. The number of nitrogens with one attached hydrogen (secondary N) is 2. The van der Waals surface area contributed by atoms with Gasteiger partial charge in [-0.15, -0.1) is 0 Å². The normalized spacial score (nSPS) is 10.1. The summed E-state index contributed by atoms with van der Waals surface area (Å²) in [6.07, 6.45) is 0. The second-order valence-electron chi connectivity index (χ2n) is 4.09. The van der Waals surface area contributed by atoms with Crippen molar-refractivity contribution < 1.29 is 4.92 Å². The lowest BCUT2D eigenvalue weighted by Gasteiger charge is -2.08. The average molecular weight is 337 g/mol. The Labute approximate surface area is 124 Å². The minimum absolute atomic E-state index is 0.00101. The molecular formula is C13H13BrN4O2. The molecule has 2 aromatic rings. The van der Waals surface area contributed by atoms with Crippen LogP contribution < -0.4 is 10.6 Å². The van der Waals surface area contributed by atoms with Crippen molar-refractivity contribution in [3.63, 3.8) is 0 Å². The van der Waals surface area contributed by atoms with Gasteiger partial charge < -0.3 is 10.6 Å². The van der Waals surface area contributed by atoms with Crippen molar-refractivity contribution in [3.8, 4) is 0 Å². The molecule has 0 saturated carbocycles. The number of pyridine rings is 1. The highest BCUT2D eigenvalue weighted by atomic mass is 79.9. The first-order chi connectivity index (χ1) is 9.58. The van der Waals surface area contributed by atoms with Gasteiger partial charge in [-0.1, -0.05) is 28.1 Å². The summed E-state index contributed by atoms with van der Waals surface area (Å²) in [5.41, 5.74) is 1.06. The molecule has 0 radical (unpaired) electrons. The highest BCUT2D eigenvalue weighted by Crippen LogP contribution is 2.21. The molecule has 1 aromatic carbocycles. The first kappa shape index (κ1) is 14.3. The number of nitrogens with zero attached hydrogens (tertiary/aromatic N) is 2. The molecule has 1 heterocycles. The van der Waals surface area contributed by atoms with E-state index in [1.807, 2.05) is 24.3 Å². The summed E-state index contributed by atoms with van der Waals surface area (Å²) in [5.74, 6) is 0.916. The number of hydrogen-bond acceptors (Lipinski definition) is 5. The van der Waals surface area contributed by atoms with Gasteiger partial charge in [-0.3, -0.25) is 10.1 Å². The van der Waals surface area contributed by atoms with Crippen molar-refractivity contribution >= 4 is 33.3 Å². The molecule has 0 aliphatic heterocycles. The Morgan fingerprint density at radius 3 is 2.70 bits per heavy atom. The maximum absolute atomic E-state index is 10.9. The zero-order chi connectivity index (χ0) is 14.5. The maximum Gasteiger partial charge on any atom is 0.276 e. The van der Waals surface area contributed by atoms with Crippen LogP contribution in [0, 0.1) is 10.1 Å². The molecule has 0 amide bonds. The van der Waals surface area contributed by atoms with Crippen molar-refractivity contribution in [2.24, 2.45) is 0 Å². The molecule has 1 aromatic heterocycles. The standard InChI is InChI=1S/C13H13BrN4O2/c1-15-12-6-11(18(19)20)7-13(17-12)16-8-9-3-2-4-10(14)5-9/h2-7H,8H2,1H3,(H2,15,16,17). The lowest BCUT2D eigenvalue weighted by atomic mass is 10.2. The number of anilines is 2. The van der Waals surface area contributed by atoms with Crippen LogP contribution in [0.1, 0.15) is 5.56 Å². The predicted octanol–water partition coefficient (Wildman–Crippen LogP) is 3.41. The number of hydrogen-bond donors (Lipinski definition) is 2. The Morgan fingerprint density at radius 1 is 1.30 bits per heavy atom. The Hall–Kier alpha value is -2.15. The summed E-state index contributed by atoms with van der Waals surface area (Å²) in [6.45, 7) is 0.538. The fraction of sp³-hybridized carbons (Fsp3) is 0.154. The van der Waals surface area contributed by atoms with E-state index in [1.54, 1.807) is 7.05 Å². The van der Waals surface area contributed by atoms with Gasteiger partial charge in [0.25, 0.3) is 5.69 Å². The van der Waals surface area contributed by atoms with E-state index in [0.717, 1.165) is 10.0 Å². The van der Waals surface area contributed by atoms with Crippen LogP contribution >= 0.6 is 15.9 Å². The van der Waals surface area contributed by atoms with E-state index in [9.17, 15) is 10.1 Å². The van der Waals surface area contributed by atoms with Gasteiger partial charge in [-0.2, -0.15) is 0 Å². The molecule has 0 aliphatic carbocycles. The molecule has 2 rings (SSSR count). The third-order valence-corrected chi connectivity index (χ3v) is 3.13. The van der Waals surface area contributed by atoms with Crippen molar-refractivity contribution in [1.29, 1.82) is 0 Å². The lowest BCUT2D eigenvalue weighted by Crippen LogP contribution is -2.04. The Morgan fingerprint density at radius 2 is 2.05 bits per heavy atom. The zero-order valence-corrected chi connectivity index (χ0v) is 12.3. The molecule has 0 saturated heterocycles. The van der Waals surface area contributed by atoms with E-state index in [-0.39, 0.29) is 5.69 Å². The third-order valence-electron chi connectivity index (χ3n) is 2.64. The fourth-order valence-electron chi connectivity index (χ4n) is 1.68. The summed E-state index contributed by atoms with van der Waals surface area (Å²) in [7, 11) is 1.67. The van der Waals surface area contributed by atoms with Gasteiger partial charge in [0.15, 0.2) is 0 Å². The molecular weight excluding hydrogens is 324 g/mol. The van der Waals surface area contributed by atoms with E-state index in [4.69, 9.17) is 0 Å². The van der Waals surface area contributed by atoms with E-state index < -0.39 is 4.92 Å². The lowest BCUT2D eigenvalue weighted by molar-refractivity contribution is -0.384. The number of nitro groups is 1. The molecule has 0 unspecified atom stereocenters. The predicted molar refractivity (Wildman–Crippen MR) is 81.9 cm³/mol. The Balaban J connectivity index is 2.16. The van der Waals surface area contributed by atoms with Crippen LogP contribution in [0.4, 0.5) is 17.3 Å².